The number of hydrogen-bond donors (Lipinski definition) is 2. The van der Waals surface area contributed by atoms with Gasteiger partial charge in [-0.2, -0.15) is 0 Å². The number of nitro benzene ring substituents is 2. The maximum absolute atomic E-state index is 10.6. The standard InChI is InChI=1S/C6H3N5O5.Ag/c12-6-3(11(15)16)1-2(10(13)14)4-5(6)8-9-7-4;/h1,12H,(H,7,8,9);/q;+1. The number of fused-ring (bicyclic) bond motifs is 1. The molecule has 0 bridgehead atoms. The molecule has 1 heterocycles. The molecular weight excluding hydrogens is 330 g/mol. The Kier molecular flexibility index (Phi) is 3.41. The number of phenols is 1. The summed E-state index contributed by atoms with van der Waals surface area (Å²) in [5, 5.41) is 39.4. The molecule has 2 aromatic rings. The molecule has 92 valence electrons. The molecule has 1 aromatic carbocycles. The van der Waals surface area contributed by atoms with Crippen molar-refractivity contribution in [3.8, 4) is 5.75 Å². The number of non-ortho nitro benzene ring substituents is 1. The molecular formula is C6H3AgN5O5+. The van der Waals surface area contributed by atoms with E-state index < -0.39 is 27.0 Å². The third kappa shape index (κ3) is 1.96. The summed E-state index contributed by atoms with van der Waals surface area (Å²) in [7, 11) is 0. The van der Waals surface area contributed by atoms with Crippen molar-refractivity contribution in [3.63, 3.8) is 0 Å². The average molecular weight is 333 g/mol. The van der Waals surface area contributed by atoms with Crippen molar-refractivity contribution < 1.29 is 37.3 Å². The fourth-order valence-electron chi connectivity index (χ4n) is 1.25. The van der Waals surface area contributed by atoms with E-state index >= 15 is 0 Å². The van der Waals surface area contributed by atoms with Crippen molar-refractivity contribution >= 4 is 22.4 Å². The predicted molar refractivity (Wildman–Crippen MR) is 48.9 cm³/mol. The van der Waals surface area contributed by atoms with Gasteiger partial charge in [0.05, 0.1) is 9.85 Å². The van der Waals surface area contributed by atoms with Crippen LogP contribution in [-0.4, -0.2) is 30.4 Å². The normalized spacial score (nSPS) is 9.88. The van der Waals surface area contributed by atoms with E-state index in [4.69, 9.17) is 0 Å². The number of nitro groups is 2. The number of hydrogen-bond acceptors (Lipinski definition) is 7. The Morgan fingerprint density at radius 3 is 2.35 bits per heavy atom. The van der Waals surface area contributed by atoms with Crippen molar-refractivity contribution in [2.45, 2.75) is 0 Å². The maximum atomic E-state index is 10.6. The van der Waals surface area contributed by atoms with E-state index in [1.54, 1.807) is 0 Å². The number of nitrogens with one attached hydrogen (secondary N) is 1. The summed E-state index contributed by atoms with van der Waals surface area (Å²) < 4.78 is 0. The fraction of sp³-hybridized carbons (Fsp3) is 0. The number of phenolic OH excluding ortho intramolecular Hbond substituents is 1. The van der Waals surface area contributed by atoms with Crippen molar-refractivity contribution in [2.24, 2.45) is 0 Å². The van der Waals surface area contributed by atoms with E-state index in [2.05, 4.69) is 15.4 Å². The SMILES string of the molecule is O=[N+]([O-])c1cc([N+](=O)[O-])c2[nH]nnc2c1O.[Ag+]. The minimum atomic E-state index is -0.934. The first kappa shape index (κ1) is 13.0. The molecule has 0 aliphatic rings. The summed E-state index contributed by atoms with van der Waals surface area (Å²) in [5.74, 6) is -0.751. The molecule has 10 nitrogen and oxygen atoms in total. The summed E-state index contributed by atoms with van der Waals surface area (Å²) >= 11 is 0. The van der Waals surface area contributed by atoms with Crippen LogP contribution in [0.15, 0.2) is 6.07 Å². The van der Waals surface area contributed by atoms with Crippen molar-refractivity contribution in [2.75, 3.05) is 0 Å². The topological polar surface area (TPSA) is 148 Å². The quantitative estimate of drug-likeness (QED) is 0.461. The second-order valence-electron chi connectivity index (χ2n) is 2.81. The van der Waals surface area contributed by atoms with Crippen LogP contribution in [0, 0.1) is 20.2 Å². The molecule has 0 aliphatic heterocycles. The molecule has 17 heavy (non-hydrogen) atoms. The Morgan fingerprint density at radius 1 is 1.24 bits per heavy atom. The Morgan fingerprint density at radius 2 is 1.82 bits per heavy atom. The molecule has 0 spiro atoms. The van der Waals surface area contributed by atoms with Gasteiger partial charge in [-0.25, -0.2) is 0 Å². The zero-order chi connectivity index (χ0) is 11.9. The molecule has 2 rings (SSSR count). The van der Waals surface area contributed by atoms with Crippen LogP contribution in [0.2, 0.25) is 0 Å². The van der Waals surface area contributed by atoms with Crippen LogP contribution in [0.3, 0.4) is 0 Å². The minimum absolute atomic E-state index is 0. The van der Waals surface area contributed by atoms with Gasteiger partial charge in [0.15, 0.2) is 11.0 Å². The van der Waals surface area contributed by atoms with Crippen LogP contribution in [0.1, 0.15) is 0 Å². The minimum Gasteiger partial charge on any atom is -0.500 e. The van der Waals surface area contributed by atoms with Gasteiger partial charge in [0, 0.05) is 0 Å². The van der Waals surface area contributed by atoms with Gasteiger partial charge in [0.1, 0.15) is 6.07 Å². The molecule has 0 fully saturated rings. The monoisotopic (exact) mass is 332 g/mol. The second-order valence-corrected chi connectivity index (χ2v) is 2.81. The van der Waals surface area contributed by atoms with Crippen LogP contribution in [-0.2, 0) is 22.4 Å². The third-order valence-corrected chi connectivity index (χ3v) is 1.94. The molecule has 0 atom stereocenters. The molecule has 1 aromatic heterocycles. The van der Waals surface area contributed by atoms with Gasteiger partial charge in [-0.15, -0.1) is 5.10 Å². The number of rotatable bonds is 2. The Bertz CT molecular complexity index is 610. The molecule has 11 heteroatoms. The van der Waals surface area contributed by atoms with Crippen molar-refractivity contribution in [1.82, 2.24) is 15.4 Å². The summed E-state index contributed by atoms with van der Waals surface area (Å²) in [6.45, 7) is 0. The summed E-state index contributed by atoms with van der Waals surface area (Å²) in [4.78, 5) is 19.4. The van der Waals surface area contributed by atoms with Crippen LogP contribution < -0.4 is 0 Å². The molecule has 0 amide bonds. The van der Waals surface area contributed by atoms with Gasteiger partial charge < -0.3 is 5.11 Å². The van der Waals surface area contributed by atoms with Gasteiger partial charge >= 0.3 is 33.8 Å². The van der Waals surface area contributed by atoms with E-state index in [0.29, 0.717) is 6.07 Å². The van der Waals surface area contributed by atoms with Gasteiger partial charge in [-0.05, 0) is 0 Å². The van der Waals surface area contributed by atoms with Crippen LogP contribution in [0.25, 0.3) is 11.0 Å². The van der Waals surface area contributed by atoms with Crippen molar-refractivity contribution in [1.29, 1.82) is 0 Å². The van der Waals surface area contributed by atoms with Crippen molar-refractivity contribution in [3.05, 3.63) is 26.3 Å². The first-order valence-electron chi connectivity index (χ1n) is 3.88. The Labute approximate surface area is 107 Å². The number of benzene rings is 1. The predicted octanol–water partition coefficient (Wildman–Crippen LogP) is 0.477. The van der Waals surface area contributed by atoms with Gasteiger partial charge in [-0.3, -0.25) is 25.3 Å². The van der Waals surface area contributed by atoms with E-state index in [1.807, 2.05) is 0 Å². The number of H-pyrrole nitrogens is 1. The Hall–Kier alpha value is -2.04. The second kappa shape index (κ2) is 4.45. The average Bonchev–Trinajstić information content (AvgIpc) is 2.66. The number of aromatic nitrogens is 3. The Balaban J connectivity index is 0.00000144. The summed E-state index contributed by atoms with van der Waals surface area (Å²) in [6, 6.07) is 0.650. The summed E-state index contributed by atoms with van der Waals surface area (Å²) in [5.41, 5.74) is -1.81. The van der Waals surface area contributed by atoms with E-state index in [-0.39, 0.29) is 33.4 Å². The molecule has 0 saturated heterocycles. The van der Waals surface area contributed by atoms with Gasteiger partial charge in [0.2, 0.25) is 5.75 Å². The van der Waals surface area contributed by atoms with Crippen LogP contribution >= 0.6 is 0 Å². The zero-order valence-electron chi connectivity index (χ0n) is 7.75. The molecule has 0 radical (unpaired) electrons. The van der Waals surface area contributed by atoms with Gasteiger partial charge in [-0.1, -0.05) is 5.21 Å². The first-order valence-corrected chi connectivity index (χ1v) is 3.88. The summed E-state index contributed by atoms with van der Waals surface area (Å²) in [6.07, 6.45) is 0. The van der Waals surface area contributed by atoms with E-state index in [1.165, 1.54) is 0 Å². The van der Waals surface area contributed by atoms with Gasteiger partial charge in [0.25, 0.3) is 0 Å². The van der Waals surface area contributed by atoms with Crippen LogP contribution in [0.5, 0.6) is 5.75 Å². The van der Waals surface area contributed by atoms with E-state index in [0.717, 1.165) is 0 Å². The number of nitrogens with zero attached hydrogens (tertiary/aromatic N) is 4. The molecule has 0 unspecified atom stereocenters. The molecule has 2 N–H and O–H groups in total. The number of aromatic hydroxyl groups is 1. The maximum Gasteiger partial charge on any atom is 1.00 e. The largest absolute Gasteiger partial charge is 1.00 e. The van der Waals surface area contributed by atoms with Crippen LogP contribution in [0.4, 0.5) is 11.4 Å². The zero-order valence-corrected chi connectivity index (χ0v) is 9.23. The molecule has 0 saturated carbocycles. The fourth-order valence-corrected chi connectivity index (χ4v) is 1.25. The smallest absolute Gasteiger partial charge is 0.500 e. The first-order chi connectivity index (χ1) is 7.52. The molecule has 0 aliphatic carbocycles. The third-order valence-electron chi connectivity index (χ3n) is 1.94. The van der Waals surface area contributed by atoms with E-state index in [9.17, 15) is 25.3 Å². The number of aromatic amines is 1.